The minimum Gasteiger partial charge on any atom is -0.481 e. The van der Waals surface area contributed by atoms with Gasteiger partial charge in [-0.2, -0.15) is 0 Å². The smallest absolute Gasteiger partial charge is 0.311 e. The lowest BCUT2D eigenvalue weighted by Crippen LogP contribution is -2.38. The van der Waals surface area contributed by atoms with E-state index in [9.17, 15) is 18.3 Å². The Morgan fingerprint density at radius 3 is 2.52 bits per heavy atom. The zero-order valence-corrected chi connectivity index (χ0v) is 15.2. The van der Waals surface area contributed by atoms with Crippen LogP contribution in [0.5, 0.6) is 0 Å². The van der Waals surface area contributed by atoms with E-state index in [0.717, 1.165) is 25.7 Å². The number of benzene rings is 1. The molecule has 5 nitrogen and oxygen atoms in total. The summed E-state index contributed by atoms with van der Waals surface area (Å²) >= 11 is 0. The maximum Gasteiger partial charge on any atom is 0.311 e. The molecule has 1 saturated heterocycles. The standard InChI is InChI=1S/C19H25NO4S/c21-18(22)19-8-3-6-17(19)12-20(13-19)25(23,24)9-7-14-10-15-4-1-2-5-16(15)11-14/h1-2,4-5,14,17H,3,6-13H2,(H,21,22)/t17-,19+/m0/s1. The summed E-state index contributed by atoms with van der Waals surface area (Å²) < 4.78 is 27.0. The normalized spacial score (nSPS) is 29.7. The van der Waals surface area contributed by atoms with Gasteiger partial charge in [-0.15, -0.1) is 0 Å². The third kappa shape index (κ3) is 2.89. The zero-order chi connectivity index (χ0) is 17.7. The molecule has 0 amide bonds. The topological polar surface area (TPSA) is 74.7 Å². The van der Waals surface area contributed by atoms with Crippen LogP contribution in [0.1, 0.15) is 36.8 Å². The van der Waals surface area contributed by atoms with Gasteiger partial charge >= 0.3 is 5.97 Å². The molecule has 1 heterocycles. The van der Waals surface area contributed by atoms with Crippen molar-refractivity contribution in [3.8, 4) is 0 Å². The molecule has 0 aromatic heterocycles. The van der Waals surface area contributed by atoms with Crippen molar-refractivity contribution in [2.24, 2.45) is 17.3 Å². The van der Waals surface area contributed by atoms with E-state index in [4.69, 9.17) is 0 Å². The summed E-state index contributed by atoms with van der Waals surface area (Å²) in [4.78, 5) is 11.7. The fraction of sp³-hybridized carbons (Fsp3) is 0.632. The number of aliphatic carboxylic acids is 1. The average Bonchev–Trinajstić information content (AvgIpc) is 3.24. The summed E-state index contributed by atoms with van der Waals surface area (Å²) in [5.41, 5.74) is 1.84. The Labute approximate surface area is 149 Å². The number of hydrogen-bond acceptors (Lipinski definition) is 3. The fourth-order valence-corrected chi connectivity index (χ4v) is 6.83. The summed E-state index contributed by atoms with van der Waals surface area (Å²) in [6.07, 6.45) is 4.89. The van der Waals surface area contributed by atoms with Crippen LogP contribution in [0, 0.1) is 17.3 Å². The van der Waals surface area contributed by atoms with Gasteiger partial charge in [-0.3, -0.25) is 4.79 Å². The minimum absolute atomic E-state index is 0.0180. The summed E-state index contributed by atoms with van der Waals surface area (Å²) in [7, 11) is -3.38. The van der Waals surface area contributed by atoms with Gasteiger partial charge in [0.25, 0.3) is 0 Å². The summed E-state index contributed by atoms with van der Waals surface area (Å²) in [6, 6.07) is 8.32. The number of carbonyl (C=O) groups is 1. The highest BCUT2D eigenvalue weighted by Gasteiger charge is 2.56. The summed E-state index contributed by atoms with van der Waals surface area (Å²) in [5.74, 6) is -0.328. The van der Waals surface area contributed by atoms with Crippen LogP contribution in [0.15, 0.2) is 24.3 Å². The lowest BCUT2D eigenvalue weighted by Gasteiger charge is -2.23. The van der Waals surface area contributed by atoms with E-state index in [0.29, 0.717) is 25.3 Å². The third-order valence-corrected chi connectivity index (χ3v) is 8.39. The van der Waals surface area contributed by atoms with Crippen LogP contribution >= 0.6 is 0 Å². The molecule has 0 bridgehead atoms. The molecule has 25 heavy (non-hydrogen) atoms. The largest absolute Gasteiger partial charge is 0.481 e. The Morgan fingerprint density at radius 2 is 1.92 bits per heavy atom. The molecule has 0 unspecified atom stereocenters. The van der Waals surface area contributed by atoms with Gasteiger partial charge < -0.3 is 5.11 Å². The second-order valence-corrected chi connectivity index (χ2v) is 10.1. The van der Waals surface area contributed by atoms with Crippen molar-refractivity contribution in [3.05, 3.63) is 35.4 Å². The van der Waals surface area contributed by atoms with Gasteiger partial charge in [-0.25, -0.2) is 12.7 Å². The van der Waals surface area contributed by atoms with Crippen molar-refractivity contribution in [2.45, 2.75) is 38.5 Å². The third-order valence-electron chi connectivity index (χ3n) is 6.58. The van der Waals surface area contributed by atoms with Gasteiger partial charge in [-0.1, -0.05) is 30.7 Å². The zero-order valence-electron chi connectivity index (χ0n) is 14.4. The Kier molecular flexibility index (Phi) is 4.15. The van der Waals surface area contributed by atoms with Crippen molar-refractivity contribution in [3.63, 3.8) is 0 Å². The summed E-state index contributed by atoms with van der Waals surface area (Å²) in [6.45, 7) is 0.555. The lowest BCUT2D eigenvalue weighted by molar-refractivity contribution is -0.149. The molecule has 3 aliphatic rings. The molecule has 1 N–H and O–H groups in total. The predicted molar refractivity (Wildman–Crippen MR) is 94.7 cm³/mol. The second kappa shape index (κ2) is 6.09. The predicted octanol–water partition coefficient (Wildman–Crippen LogP) is 2.31. The SMILES string of the molecule is O=C(O)[C@@]12CCC[C@H]1CN(S(=O)(=O)CCC1Cc3ccccc3C1)C2. The van der Waals surface area contributed by atoms with E-state index in [1.54, 1.807) is 0 Å². The number of sulfonamides is 1. The number of carboxylic acid groups (broad SMARTS) is 1. The Hall–Kier alpha value is -1.40. The van der Waals surface area contributed by atoms with Crippen molar-refractivity contribution in [1.82, 2.24) is 4.31 Å². The molecule has 1 aliphatic heterocycles. The molecule has 1 aromatic carbocycles. The van der Waals surface area contributed by atoms with E-state index < -0.39 is 21.4 Å². The number of hydrogen-bond donors (Lipinski definition) is 1. The van der Waals surface area contributed by atoms with Crippen molar-refractivity contribution < 1.29 is 18.3 Å². The van der Waals surface area contributed by atoms with Crippen molar-refractivity contribution in [1.29, 1.82) is 0 Å². The number of nitrogens with zero attached hydrogens (tertiary/aromatic N) is 1. The van der Waals surface area contributed by atoms with Gasteiger partial charge in [0, 0.05) is 13.1 Å². The molecule has 2 aliphatic carbocycles. The van der Waals surface area contributed by atoms with Crippen LogP contribution in [-0.2, 0) is 27.7 Å². The van der Waals surface area contributed by atoms with Crippen LogP contribution in [0.4, 0.5) is 0 Å². The van der Waals surface area contributed by atoms with Gasteiger partial charge in [0.05, 0.1) is 11.2 Å². The maximum absolute atomic E-state index is 12.8. The molecule has 2 atom stereocenters. The van der Waals surface area contributed by atoms with E-state index in [1.165, 1.54) is 15.4 Å². The minimum atomic E-state index is -3.38. The molecule has 1 aromatic rings. The molecule has 4 rings (SSSR count). The highest BCUT2D eigenvalue weighted by molar-refractivity contribution is 7.89. The maximum atomic E-state index is 12.8. The highest BCUT2D eigenvalue weighted by Crippen LogP contribution is 2.49. The molecular formula is C19H25NO4S. The molecule has 0 spiro atoms. The van der Waals surface area contributed by atoms with Crippen LogP contribution in [-0.4, -0.2) is 42.6 Å². The van der Waals surface area contributed by atoms with E-state index in [1.807, 2.05) is 12.1 Å². The molecular weight excluding hydrogens is 338 g/mol. The number of rotatable bonds is 5. The Balaban J connectivity index is 1.39. The first-order valence-corrected chi connectivity index (χ1v) is 10.8. The first-order chi connectivity index (χ1) is 11.9. The van der Waals surface area contributed by atoms with E-state index >= 15 is 0 Å². The monoisotopic (exact) mass is 363 g/mol. The second-order valence-electron chi connectivity index (χ2n) is 7.99. The first-order valence-electron chi connectivity index (χ1n) is 9.19. The van der Waals surface area contributed by atoms with Gasteiger partial charge in [0.15, 0.2) is 0 Å². The first kappa shape index (κ1) is 17.0. The lowest BCUT2D eigenvalue weighted by atomic mass is 9.81. The molecule has 6 heteroatoms. The number of fused-ring (bicyclic) bond motifs is 2. The van der Waals surface area contributed by atoms with E-state index in [-0.39, 0.29) is 18.2 Å². The Bertz CT molecular complexity index is 765. The molecule has 2 fully saturated rings. The quantitative estimate of drug-likeness (QED) is 0.871. The summed E-state index contributed by atoms with van der Waals surface area (Å²) in [5, 5.41) is 9.64. The van der Waals surface area contributed by atoms with Gasteiger partial charge in [0.2, 0.25) is 10.0 Å². The van der Waals surface area contributed by atoms with Crippen LogP contribution in [0.3, 0.4) is 0 Å². The highest BCUT2D eigenvalue weighted by atomic mass is 32.2. The van der Waals surface area contributed by atoms with Crippen LogP contribution in [0.25, 0.3) is 0 Å². The van der Waals surface area contributed by atoms with Crippen molar-refractivity contribution in [2.75, 3.05) is 18.8 Å². The average molecular weight is 363 g/mol. The van der Waals surface area contributed by atoms with Crippen LogP contribution < -0.4 is 0 Å². The van der Waals surface area contributed by atoms with Crippen LogP contribution in [0.2, 0.25) is 0 Å². The number of carboxylic acids is 1. The van der Waals surface area contributed by atoms with E-state index in [2.05, 4.69) is 12.1 Å². The van der Waals surface area contributed by atoms with Gasteiger partial charge in [-0.05, 0) is 55.1 Å². The molecule has 1 saturated carbocycles. The van der Waals surface area contributed by atoms with Crippen molar-refractivity contribution >= 4 is 16.0 Å². The van der Waals surface area contributed by atoms with Gasteiger partial charge in [0.1, 0.15) is 0 Å². The molecule has 0 radical (unpaired) electrons. The fourth-order valence-electron chi connectivity index (χ4n) is 5.10. The molecule has 136 valence electrons. The Morgan fingerprint density at radius 1 is 1.24 bits per heavy atom.